The normalized spacial score (nSPS) is 16.9. The van der Waals surface area contributed by atoms with Gasteiger partial charge in [0.2, 0.25) is 6.79 Å². The minimum atomic E-state index is -0.206. The molecule has 3 heterocycles. The van der Waals surface area contributed by atoms with Crippen LogP contribution in [0.2, 0.25) is 0 Å². The molecule has 9 heteroatoms. The molecule has 0 unspecified atom stereocenters. The Morgan fingerprint density at radius 1 is 1.25 bits per heavy atom. The third-order valence-corrected chi connectivity index (χ3v) is 4.60. The van der Waals surface area contributed by atoms with Crippen molar-refractivity contribution < 1.29 is 14.3 Å². The van der Waals surface area contributed by atoms with Gasteiger partial charge in [0.1, 0.15) is 0 Å². The molecule has 1 aromatic heterocycles. The van der Waals surface area contributed by atoms with Crippen LogP contribution in [0, 0.1) is 0 Å². The lowest BCUT2D eigenvalue weighted by molar-refractivity contribution is 0.174. The Hall–Kier alpha value is -2.55. The number of carbonyl (C=O) groups is 1. The molecule has 1 saturated heterocycles. The van der Waals surface area contributed by atoms with Gasteiger partial charge in [-0.3, -0.25) is 0 Å². The molecule has 0 saturated carbocycles. The molecule has 0 spiro atoms. The lowest BCUT2D eigenvalue weighted by atomic mass is 10.1. The molecule has 2 aliphatic rings. The lowest BCUT2D eigenvalue weighted by Gasteiger charge is -2.32. The van der Waals surface area contributed by atoms with Gasteiger partial charge in [-0.1, -0.05) is 0 Å². The van der Waals surface area contributed by atoms with Crippen LogP contribution in [0.25, 0.3) is 0 Å². The van der Waals surface area contributed by atoms with E-state index in [9.17, 15) is 4.79 Å². The number of piperidine rings is 1. The first-order chi connectivity index (χ1) is 11.8. The summed E-state index contributed by atoms with van der Waals surface area (Å²) in [6, 6.07) is 5.30. The van der Waals surface area contributed by atoms with Gasteiger partial charge in [-0.15, -0.1) is 0 Å². The van der Waals surface area contributed by atoms with Crippen LogP contribution in [0.15, 0.2) is 24.4 Å². The Bertz CT molecular complexity index is 716. The van der Waals surface area contributed by atoms with Crippen molar-refractivity contribution in [3.63, 3.8) is 0 Å². The fourth-order valence-electron chi connectivity index (χ4n) is 2.88. The number of nitrogens with zero attached hydrogens (tertiary/aromatic N) is 3. The maximum Gasteiger partial charge on any atom is 0.319 e. The zero-order valence-corrected chi connectivity index (χ0v) is 13.7. The summed E-state index contributed by atoms with van der Waals surface area (Å²) in [5.41, 5.74) is 0.683. The first-order valence-electron chi connectivity index (χ1n) is 7.77. The van der Waals surface area contributed by atoms with E-state index in [2.05, 4.69) is 24.3 Å². The van der Waals surface area contributed by atoms with Crippen molar-refractivity contribution in [1.29, 1.82) is 0 Å². The molecule has 1 fully saturated rings. The number of hydrogen-bond acceptors (Lipinski definition) is 7. The number of fused-ring (bicyclic) bond motifs is 1. The smallest absolute Gasteiger partial charge is 0.319 e. The highest BCUT2D eigenvalue weighted by Gasteiger charge is 2.22. The van der Waals surface area contributed by atoms with Gasteiger partial charge in [-0.2, -0.15) is 8.75 Å². The maximum atomic E-state index is 12.2. The maximum absolute atomic E-state index is 12.2. The van der Waals surface area contributed by atoms with Crippen LogP contribution in [0.5, 0.6) is 11.5 Å². The number of anilines is 2. The van der Waals surface area contributed by atoms with E-state index in [-0.39, 0.29) is 18.9 Å². The Morgan fingerprint density at radius 3 is 2.88 bits per heavy atom. The molecule has 2 aliphatic heterocycles. The Balaban J connectivity index is 1.28. The Kier molecular flexibility index (Phi) is 4.08. The average Bonchev–Trinajstić information content (AvgIpc) is 3.26. The van der Waals surface area contributed by atoms with E-state index >= 15 is 0 Å². The van der Waals surface area contributed by atoms with E-state index in [1.54, 1.807) is 24.4 Å². The number of amides is 2. The predicted octanol–water partition coefficient (Wildman–Crippen LogP) is 2.06. The number of hydrogen-bond donors (Lipinski definition) is 2. The van der Waals surface area contributed by atoms with Crippen molar-refractivity contribution in [2.24, 2.45) is 0 Å². The molecule has 0 radical (unpaired) electrons. The van der Waals surface area contributed by atoms with Crippen molar-refractivity contribution in [3.8, 4) is 11.5 Å². The minimum Gasteiger partial charge on any atom is -0.454 e. The van der Waals surface area contributed by atoms with Crippen LogP contribution in [-0.4, -0.2) is 40.7 Å². The summed E-state index contributed by atoms with van der Waals surface area (Å²) >= 11 is 1.21. The van der Waals surface area contributed by atoms with Crippen molar-refractivity contribution in [3.05, 3.63) is 24.4 Å². The van der Waals surface area contributed by atoms with Crippen LogP contribution in [0.4, 0.5) is 16.3 Å². The van der Waals surface area contributed by atoms with Gasteiger partial charge in [0.15, 0.2) is 17.3 Å². The molecule has 126 valence electrons. The van der Waals surface area contributed by atoms with Crippen molar-refractivity contribution in [2.45, 2.75) is 18.9 Å². The van der Waals surface area contributed by atoms with Gasteiger partial charge in [0.25, 0.3) is 0 Å². The topological polar surface area (TPSA) is 88.6 Å². The zero-order chi connectivity index (χ0) is 16.4. The quantitative estimate of drug-likeness (QED) is 0.883. The standard InChI is InChI=1S/C15H17N5O3S/c21-15(18-11-1-2-12-13(7-11)23-9-22-12)17-10-3-5-20(6-4-10)14-8-16-24-19-14/h1-2,7-8,10H,3-6,9H2,(H2,17,18,21). The summed E-state index contributed by atoms with van der Waals surface area (Å²) in [4.78, 5) is 14.4. The van der Waals surface area contributed by atoms with E-state index in [0.29, 0.717) is 17.2 Å². The van der Waals surface area contributed by atoms with Crippen LogP contribution in [0.1, 0.15) is 12.8 Å². The zero-order valence-electron chi connectivity index (χ0n) is 12.9. The number of urea groups is 1. The molecule has 0 atom stereocenters. The van der Waals surface area contributed by atoms with Crippen LogP contribution in [-0.2, 0) is 0 Å². The summed E-state index contributed by atoms with van der Waals surface area (Å²) in [5.74, 6) is 2.27. The lowest BCUT2D eigenvalue weighted by Crippen LogP contribution is -2.46. The van der Waals surface area contributed by atoms with Gasteiger partial charge in [0, 0.05) is 30.9 Å². The summed E-state index contributed by atoms with van der Waals surface area (Å²) in [5, 5.41) is 5.86. The van der Waals surface area contributed by atoms with Crippen molar-refractivity contribution in [1.82, 2.24) is 14.1 Å². The molecule has 0 aliphatic carbocycles. The highest BCUT2D eigenvalue weighted by Crippen LogP contribution is 2.34. The molecular formula is C15H17N5O3S. The second kappa shape index (κ2) is 6.52. The molecule has 24 heavy (non-hydrogen) atoms. The fourth-order valence-corrected chi connectivity index (χ4v) is 3.31. The second-order valence-electron chi connectivity index (χ2n) is 5.69. The van der Waals surface area contributed by atoms with Crippen LogP contribution in [0.3, 0.4) is 0 Å². The van der Waals surface area contributed by atoms with Crippen molar-refractivity contribution in [2.75, 3.05) is 30.1 Å². The number of carbonyl (C=O) groups excluding carboxylic acids is 1. The van der Waals surface area contributed by atoms with Gasteiger partial charge in [-0.25, -0.2) is 4.79 Å². The second-order valence-corrected chi connectivity index (χ2v) is 6.25. The number of rotatable bonds is 3. The van der Waals surface area contributed by atoms with E-state index < -0.39 is 0 Å². The first-order valence-corrected chi connectivity index (χ1v) is 8.50. The number of ether oxygens (including phenoxy) is 2. The molecule has 2 aromatic rings. The SMILES string of the molecule is O=C(Nc1ccc2c(c1)OCO2)NC1CCN(c2cnsn2)CC1. The molecule has 2 N–H and O–H groups in total. The van der Waals surface area contributed by atoms with Gasteiger partial charge < -0.3 is 25.0 Å². The van der Waals surface area contributed by atoms with Crippen LogP contribution < -0.4 is 25.0 Å². The molecule has 8 nitrogen and oxygen atoms in total. The minimum absolute atomic E-state index is 0.154. The summed E-state index contributed by atoms with van der Waals surface area (Å²) in [7, 11) is 0. The molecule has 4 rings (SSSR count). The van der Waals surface area contributed by atoms with Gasteiger partial charge in [-0.05, 0) is 25.0 Å². The number of aromatic nitrogens is 2. The van der Waals surface area contributed by atoms with E-state index in [1.807, 2.05) is 0 Å². The third-order valence-electron chi connectivity index (χ3n) is 4.13. The molecule has 0 bridgehead atoms. The third kappa shape index (κ3) is 3.21. The number of nitrogens with one attached hydrogen (secondary N) is 2. The number of benzene rings is 1. The Labute approximate surface area is 143 Å². The summed E-state index contributed by atoms with van der Waals surface area (Å²) < 4.78 is 18.8. The largest absolute Gasteiger partial charge is 0.454 e. The predicted molar refractivity (Wildman–Crippen MR) is 89.9 cm³/mol. The van der Waals surface area contributed by atoms with E-state index in [1.165, 1.54) is 11.7 Å². The fraction of sp³-hybridized carbons (Fsp3) is 0.400. The Morgan fingerprint density at radius 2 is 2.08 bits per heavy atom. The van der Waals surface area contributed by atoms with E-state index in [4.69, 9.17) is 9.47 Å². The van der Waals surface area contributed by atoms with Gasteiger partial charge >= 0.3 is 6.03 Å². The van der Waals surface area contributed by atoms with Crippen LogP contribution >= 0.6 is 11.7 Å². The summed E-state index contributed by atoms with van der Waals surface area (Å²) in [6.45, 7) is 1.94. The first kappa shape index (κ1) is 15.0. The highest BCUT2D eigenvalue weighted by atomic mass is 32.1. The molecule has 1 aromatic carbocycles. The van der Waals surface area contributed by atoms with Crippen molar-refractivity contribution >= 4 is 29.3 Å². The average molecular weight is 347 g/mol. The van der Waals surface area contributed by atoms with E-state index in [0.717, 1.165) is 31.7 Å². The highest BCUT2D eigenvalue weighted by molar-refractivity contribution is 6.99. The monoisotopic (exact) mass is 347 g/mol. The van der Waals surface area contributed by atoms with Gasteiger partial charge in [0.05, 0.1) is 17.9 Å². The molecular weight excluding hydrogens is 330 g/mol. The molecule has 2 amide bonds. The summed E-state index contributed by atoms with van der Waals surface area (Å²) in [6.07, 6.45) is 3.54.